The van der Waals surface area contributed by atoms with Crippen molar-refractivity contribution < 1.29 is 9.53 Å². The number of nitrogens with two attached hydrogens (primary N) is 1. The summed E-state index contributed by atoms with van der Waals surface area (Å²) < 4.78 is 5.64. The van der Waals surface area contributed by atoms with Gasteiger partial charge in [0.25, 0.3) is 0 Å². The highest BCUT2D eigenvalue weighted by molar-refractivity contribution is 5.85. The van der Waals surface area contributed by atoms with Crippen molar-refractivity contribution in [3.63, 3.8) is 0 Å². The molecule has 2 aliphatic carbocycles. The zero-order chi connectivity index (χ0) is 15.1. The van der Waals surface area contributed by atoms with E-state index in [2.05, 4.69) is 20.8 Å². The van der Waals surface area contributed by atoms with Crippen LogP contribution in [0.1, 0.15) is 52.9 Å². The van der Waals surface area contributed by atoms with E-state index in [0.717, 1.165) is 19.3 Å². The first-order chi connectivity index (χ1) is 9.23. The summed E-state index contributed by atoms with van der Waals surface area (Å²) in [5, 5.41) is 0. The fraction of sp³-hybridized carbons (Fsp3) is 0.938. The number of hydrogen-bond donors (Lipinski definition) is 1. The number of ether oxygens (including phenoxy) is 1. The minimum atomic E-state index is -0.129. The standard InChI is InChI=1S/C16H30N2O2.ClH/c1-15(2)13(10-16(15,3)20-5)18(4)14(19)9-11-7-6-8-12(11)17;/h11-13H,6-10,17H2,1-5H3;1H/t11-,12+,13?,16?;/m0./s1. The van der Waals surface area contributed by atoms with Crippen molar-refractivity contribution in [1.82, 2.24) is 4.90 Å². The topological polar surface area (TPSA) is 55.6 Å². The molecule has 0 aromatic heterocycles. The van der Waals surface area contributed by atoms with Crippen LogP contribution in [-0.4, -0.2) is 42.6 Å². The molecule has 2 N–H and O–H groups in total. The molecule has 1 amide bonds. The molecule has 0 heterocycles. The zero-order valence-corrected chi connectivity index (χ0v) is 14.8. The fourth-order valence-corrected chi connectivity index (χ4v) is 3.94. The Labute approximate surface area is 135 Å². The van der Waals surface area contributed by atoms with Crippen molar-refractivity contribution in [3.05, 3.63) is 0 Å². The molecule has 21 heavy (non-hydrogen) atoms. The zero-order valence-electron chi connectivity index (χ0n) is 14.0. The van der Waals surface area contributed by atoms with Crippen LogP contribution in [0.2, 0.25) is 0 Å². The predicted octanol–water partition coefficient (Wildman–Crippen LogP) is 2.59. The summed E-state index contributed by atoms with van der Waals surface area (Å²) in [6.45, 7) is 6.51. The number of rotatable bonds is 4. The Bertz CT molecular complexity index is 388. The van der Waals surface area contributed by atoms with Crippen LogP contribution in [0.3, 0.4) is 0 Å². The Morgan fingerprint density at radius 3 is 2.38 bits per heavy atom. The maximum Gasteiger partial charge on any atom is 0.222 e. The van der Waals surface area contributed by atoms with Crippen molar-refractivity contribution in [3.8, 4) is 0 Å². The van der Waals surface area contributed by atoms with Gasteiger partial charge >= 0.3 is 0 Å². The summed E-state index contributed by atoms with van der Waals surface area (Å²) in [6, 6.07) is 0.476. The Balaban J connectivity index is 0.00000220. The Hall–Kier alpha value is -0.320. The van der Waals surface area contributed by atoms with Crippen molar-refractivity contribution in [2.45, 2.75) is 70.6 Å². The summed E-state index contributed by atoms with van der Waals surface area (Å²) in [5.74, 6) is 0.616. The maximum atomic E-state index is 12.5. The second kappa shape index (κ2) is 6.43. The number of nitrogens with zero attached hydrogens (tertiary/aromatic N) is 1. The lowest BCUT2D eigenvalue weighted by Crippen LogP contribution is -2.68. The average molecular weight is 319 g/mol. The van der Waals surface area contributed by atoms with E-state index in [1.165, 1.54) is 6.42 Å². The highest BCUT2D eigenvalue weighted by atomic mass is 35.5. The summed E-state index contributed by atoms with van der Waals surface area (Å²) in [7, 11) is 3.70. The van der Waals surface area contributed by atoms with Gasteiger partial charge in [0, 0.05) is 38.1 Å². The third-order valence-corrected chi connectivity index (χ3v) is 6.25. The van der Waals surface area contributed by atoms with Crippen LogP contribution >= 0.6 is 12.4 Å². The molecule has 2 fully saturated rings. The first-order valence-electron chi connectivity index (χ1n) is 7.79. The normalized spacial score (nSPS) is 37.5. The van der Waals surface area contributed by atoms with Crippen molar-refractivity contribution in [1.29, 1.82) is 0 Å². The second-order valence-corrected chi connectivity index (χ2v) is 7.44. The molecule has 0 radical (unpaired) electrons. The molecule has 0 aromatic carbocycles. The minimum absolute atomic E-state index is 0. The lowest BCUT2D eigenvalue weighted by molar-refractivity contribution is -0.207. The van der Waals surface area contributed by atoms with E-state index in [1.54, 1.807) is 7.11 Å². The van der Waals surface area contributed by atoms with Gasteiger partial charge in [0.05, 0.1) is 5.60 Å². The smallest absolute Gasteiger partial charge is 0.222 e. The number of carbonyl (C=O) groups is 1. The Kier molecular flexibility index (Phi) is 5.73. The molecule has 2 unspecified atom stereocenters. The Morgan fingerprint density at radius 1 is 1.33 bits per heavy atom. The van der Waals surface area contributed by atoms with E-state index < -0.39 is 0 Å². The SMILES string of the molecule is COC1(C)CC(N(C)C(=O)C[C@@H]2CCC[C@H]2N)C1(C)C.Cl. The van der Waals surface area contributed by atoms with E-state index in [1.807, 2.05) is 11.9 Å². The molecule has 124 valence electrons. The Morgan fingerprint density at radius 2 is 1.95 bits per heavy atom. The van der Waals surface area contributed by atoms with Crippen LogP contribution < -0.4 is 5.73 Å². The van der Waals surface area contributed by atoms with Gasteiger partial charge in [-0.05, 0) is 32.1 Å². The molecule has 5 heteroatoms. The van der Waals surface area contributed by atoms with E-state index in [-0.39, 0.29) is 41.4 Å². The largest absolute Gasteiger partial charge is 0.378 e. The van der Waals surface area contributed by atoms with E-state index in [4.69, 9.17) is 10.5 Å². The first-order valence-corrected chi connectivity index (χ1v) is 7.79. The van der Waals surface area contributed by atoms with E-state index in [0.29, 0.717) is 12.3 Å². The molecule has 0 aromatic rings. The summed E-state index contributed by atoms with van der Waals surface area (Å²) >= 11 is 0. The van der Waals surface area contributed by atoms with E-state index in [9.17, 15) is 4.79 Å². The summed E-state index contributed by atoms with van der Waals surface area (Å²) in [5.41, 5.74) is 5.94. The fourth-order valence-electron chi connectivity index (χ4n) is 3.94. The highest BCUT2D eigenvalue weighted by Crippen LogP contribution is 2.53. The van der Waals surface area contributed by atoms with E-state index >= 15 is 0 Å². The van der Waals surface area contributed by atoms with Gasteiger partial charge < -0.3 is 15.4 Å². The molecular weight excluding hydrogens is 288 g/mol. The molecule has 2 rings (SSSR count). The van der Waals surface area contributed by atoms with Gasteiger partial charge in [-0.1, -0.05) is 20.3 Å². The maximum absolute atomic E-state index is 12.5. The molecule has 4 nitrogen and oxygen atoms in total. The quantitative estimate of drug-likeness (QED) is 0.866. The molecule has 0 saturated heterocycles. The second-order valence-electron chi connectivity index (χ2n) is 7.44. The van der Waals surface area contributed by atoms with Crippen molar-refractivity contribution >= 4 is 18.3 Å². The number of amides is 1. The number of halogens is 1. The molecule has 2 saturated carbocycles. The van der Waals surface area contributed by atoms with Gasteiger partial charge in [-0.15, -0.1) is 12.4 Å². The average Bonchev–Trinajstić information content (AvgIpc) is 2.80. The number of methoxy groups -OCH3 is 1. The van der Waals surface area contributed by atoms with Crippen LogP contribution in [0.5, 0.6) is 0 Å². The first kappa shape index (κ1) is 18.7. The molecular formula is C16H31ClN2O2. The molecule has 2 aliphatic rings. The molecule has 0 spiro atoms. The molecule has 0 aliphatic heterocycles. The van der Waals surface area contributed by atoms with Gasteiger partial charge in [0.15, 0.2) is 0 Å². The summed E-state index contributed by atoms with van der Waals surface area (Å²) in [4.78, 5) is 14.4. The number of carbonyl (C=O) groups excluding carboxylic acids is 1. The molecule has 0 bridgehead atoms. The number of hydrogen-bond acceptors (Lipinski definition) is 3. The van der Waals surface area contributed by atoms with Crippen LogP contribution in [0.25, 0.3) is 0 Å². The van der Waals surface area contributed by atoms with Crippen LogP contribution in [0.4, 0.5) is 0 Å². The minimum Gasteiger partial charge on any atom is -0.378 e. The lowest BCUT2D eigenvalue weighted by atomic mass is 9.55. The molecule has 4 atom stereocenters. The van der Waals surface area contributed by atoms with Crippen LogP contribution in [-0.2, 0) is 9.53 Å². The van der Waals surface area contributed by atoms with Crippen LogP contribution in [0, 0.1) is 11.3 Å². The van der Waals surface area contributed by atoms with Gasteiger partial charge in [-0.2, -0.15) is 0 Å². The van der Waals surface area contributed by atoms with Crippen LogP contribution in [0.15, 0.2) is 0 Å². The van der Waals surface area contributed by atoms with Gasteiger partial charge in [0.1, 0.15) is 0 Å². The van der Waals surface area contributed by atoms with Crippen molar-refractivity contribution in [2.24, 2.45) is 17.1 Å². The monoisotopic (exact) mass is 318 g/mol. The van der Waals surface area contributed by atoms with Gasteiger partial charge in [0.2, 0.25) is 5.91 Å². The predicted molar refractivity (Wildman–Crippen MR) is 87.6 cm³/mol. The highest BCUT2D eigenvalue weighted by Gasteiger charge is 2.59. The third kappa shape index (κ3) is 3.08. The van der Waals surface area contributed by atoms with Gasteiger partial charge in [-0.25, -0.2) is 0 Å². The lowest BCUT2D eigenvalue weighted by Gasteiger charge is -2.61. The van der Waals surface area contributed by atoms with Gasteiger partial charge in [-0.3, -0.25) is 4.79 Å². The summed E-state index contributed by atoms with van der Waals surface area (Å²) in [6.07, 6.45) is 4.85. The third-order valence-electron chi connectivity index (χ3n) is 6.25. The van der Waals surface area contributed by atoms with Crippen molar-refractivity contribution in [2.75, 3.05) is 14.2 Å².